The third-order valence-electron chi connectivity index (χ3n) is 5.69. The first kappa shape index (κ1) is 19.8. The van der Waals surface area contributed by atoms with Gasteiger partial charge in [0.25, 0.3) is 0 Å². The van der Waals surface area contributed by atoms with Gasteiger partial charge in [-0.3, -0.25) is 14.6 Å². The Hall–Kier alpha value is -1.96. The van der Waals surface area contributed by atoms with E-state index in [0.29, 0.717) is 32.6 Å². The van der Waals surface area contributed by atoms with Crippen molar-refractivity contribution in [2.75, 3.05) is 31.6 Å². The van der Waals surface area contributed by atoms with Gasteiger partial charge in [-0.15, -0.1) is 0 Å². The van der Waals surface area contributed by atoms with Crippen molar-refractivity contribution in [2.24, 2.45) is 5.41 Å². The summed E-state index contributed by atoms with van der Waals surface area (Å²) in [5, 5.41) is 0. The van der Waals surface area contributed by atoms with Gasteiger partial charge in [-0.2, -0.15) is 0 Å². The Morgan fingerprint density at radius 1 is 1.22 bits per heavy atom. The Bertz CT molecular complexity index is 786. The smallest absolute Gasteiger partial charge is 0.223 e. The van der Waals surface area contributed by atoms with Gasteiger partial charge >= 0.3 is 0 Å². The second-order valence-electron chi connectivity index (χ2n) is 7.83. The van der Waals surface area contributed by atoms with Crippen LogP contribution >= 0.6 is 0 Å². The molecule has 0 aromatic carbocycles. The van der Waals surface area contributed by atoms with E-state index in [4.69, 9.17) is 0 Å². The largest absolute Gasteiger partial charge is 0.343 e. The van der Waals surface area contributed by atoms with Gasteiger partial charge in [0.15, 0.2) is 0 Å². The molecule has 8 heteroatoms. The highest BCUT2D eigenvalue weighted by Crippen LogP contribution is 2.40. The zero-order valence-electron chi connectivity index (χ0n) is 15.8. The fraction of sp³-hybridized carbons (Fsp3) is 0.632. The monoisotopic (exact) mass is 393 g/mol. The minimum atomic E-state index is -3.13. The summed E-state index contributed by atoms with van der Waals surface area (Å²) in [6.07, 6.45) is 6.04. The Labute approximate surface area is 160 Å². The van der Waals surface area contributed by atoms with Gasteiger partial charge in [-0.05, 0) is 36.8 Å². The molecule has 3 rings (SSSR count). The van der Waals surface area contributed by atoms with Crippen molar-refractivity contribution < 1.29 is 18.0 Å². The maximum Gasteiger partial charge on any atom is 0.223 e. The fourth-order valence-corrected chi connectivity index (χ4v) is 4.55. The molecule has 2 saturated heterocycles. The third kappa shape index (κ3) is 5.28. The van der Waals surface area contributed by atoms with E-state index in [-0.39, 0.29) is 29.4 Å². The van der Waals surface area contributed by atoms with Gasteiger partial charge in [0, 0.05) is 44.9 Å². The Balaban J connectivity index is 1.56. The lowest BCUT2D eigenvalue weighted by Crippen LogP contribution is -2.52. The molecule has 2 amide bonds. The van der Waals surface area contributed by atoms with Crippen molar-refractivity contribution in [3.63, 3.8) is 0 Å². The molecule has 2 aliphatic heterocycles. The highest BCUT2D eigenvalue weighted by Gasteiger charge is 2.41. The van der Waals surface area contributed by atoms with Gasteiger partial charge < -0.3 is 9.80 Å². The molecule has 27 heavy (non-hydrogen) atoms. The Kier molecular flexibility index (Phi) is 5.83. The average molecular weight is 394 g/mol. The van der Waals surface area contributed by atoms with Crippen molar-refractivity contribution in [3.8, 4) is 0 Å². The molecule has 0 bridgehead atoms. The summed E-state index contributed by atoms with van der Waals surface area (Å²) < 4.78 is 22.5. The molecule has 0 unspecified atom stereocenters. The molecule has 3 heterocycles. The summed E-state index contributed by atoms with van der Waals surface area (Å²) >= 11 is 0. The van der Waals surface area contributed by atoms with Crippen LogP contribution in [-0.2, 0) is 26.0 Å². The number of carbonyl (C=O) groups is 2. The Morgan fingerprint density at radius 2 is 1.96 bits per heavy atom. The first-order valence-electron chi connectivity index (χ1n) is 9.40. The normalized spacial score (nSPS) is 20.1. The molecule has 1 spiro atoms. The van der Waals surface area contributed by atoms with Crippen LogP contribution < -0.4 is 0 Å². The third-order valence-corrected chi connectivity index (χ3v) is 6.64. The summed E-state index contributed by atoms with van der Waals surface area (Å²) in [7, 11) is -3.13. The lowest BCUT2D eigenvalue weighted by Gasteiger charge is -2.47. The minimum absolute atomic E-state index is 0.0517. The number of carbonyl (C=O) groups excluding carboxylic acids is 2. The second kappa shape index (κ2) is 7.96. The molecule has 0 radical (unpaired) electrons. The number of piperidine rings is 2. The molecule has 0 atom stereocenters. The zero-order chi connectivity index (χ0) is 19.5. The van der Waals surface area contributed by atoms with Gasteiger partial charge in [0.1, 0.15) is 9.84 Å². The molecular weight excluding hydrogens is 366 g/mol. The highest BCUT2D eigenvalue weighted by molar-refractivity contribution is 7.90. The van der Waals surface area contributed by atoms with E-state index >= 15 is 0 Å². The van der Waals surface area contributed by atoms with E-state index in [1.165, 1.54) is 0 Å². The van der Waals surface area contributed by atoms with Crippen LogP contribution in [-0.4, -0.2) is 66.7 Å². The van der Waals surface area contributed by atoms with Gasteiger partial charge in [-0.25, -0.2) is 8.42 Å². The number of amides is 2. The summed E-state index contributed by atoms with van der Waals surface area (Å²) in [5.41, 5.74) is 0.937. The van der Waals surface area contributed by atoms with E-state index in [9.17, 15) is 18.0 Å². The number of aromatic nitrogens is 1. The molecule has 0 N–H and O–H groups in total. The Morgan fingerprint density at radius 3 is 2.59 bits per heavy atom. The number of hydrogen-bond acceptors (Lipinski definition) is 5. The van der Waals surface area contributed by atoms with Crippen molar-refractivity contribution in [1.29, 1.82) is 0 Å². The van der Waals surface area contributed by atoms with E-state index in [1.54, 1.807) is 11.1 Å². The second-order valence-corrected chi connectivity index (χ2v) is 10.1. The number of pyridine rings is 1. The van der Waals surface area contributed by atoms with Crippen LogP contribution in [0.4, 0.5) is 0 Å². The molecule has 7 nitrogen and oxygen atoms in total. The van der Waals surface area contributed by atoms with Crippen molar-refractivity contribution >= 4 is 21.7 Å². The topological polar surface area (TPSA) is 87.7 Å². The molecule has 1 aromatic rings. The highest BCUT2D eigenvalue weighted by atomic mass is 32.2. The van der Waals surface area contributed by atoms with Crippen molar-refractivity contribution in [1.82, 2.24) is 14.8 Å². The number of hydrogen-bond donors (Lipinski definition) is 0. The number of likely N-dealkylation sites (tertiary alicyclic amines) is 2. The zero-order valence-corrected chi connectivity index (χ0v) is 16.6. The molecule has 2 fully saturated rings. The van der Waals surface area contributed by atoms with Crippen LogP contribution in [0.25, 0.3) is 0 Å². The number of sulfone groups is 1. The van der Waals surface area contributed by atoms with Crippen LogP contribution in [0.15, 0.2) is 24.4 Å². The first-order valence-corrected chi connectivity index (χ1v) is 11.5. The van der Waals surface area contributed by atoms with Gasteiger partial charge in [-0.1, -0.05) is 6.07 Å². The summed E-state index contributed by atoms with van der Waals surface area (Å²) in [4.78, 5) is 32.6. The molecule has 2 aliphatic rings. The predicted molar refractivity (Wildman–Crippen MR) is 101 cm³/mol. The predicted octanol–water partition coefficient (Wildman–Crippen LogP) is 1.25. The number of rotatable bonds is 5. The summed E-state index contributed by atoms with van der Waals surface area (Å²) in [6, 6.07) is 5.71. The summed E-state index contributed by atoms with van der Waals surface area (Å²) in [6.45, 7) is 2.49. The molecule has 0 saturated carbocycles. The minimum Gasteiger partial charge on any atom is -0.343 e. The van der Waals surface area contributed by atoms with E-state index in [1.807, 2.05) is 23.1 Å². The molecule has 1 aromatic heterocycles. The molecule has 148 valence electrons. The van der Waals surface area contributed by atoms with Crippen molar-refractivity contribution in [3.05, 3.63) is 30.1 Å². The lowest BCUT2D eigenvalue weighted by atomic mass is 9.72. The van der Waals surface area contributed by atoms with Gasteiger partial charge in [0.2, 0.25) is 11.8 Å². The van der Waals surface area contributed by atoms with E-state index < -0.39 is 9.84 Å². The van der Waals surface area contributed by atoms with Crippen LogP contribution in [0.2, 0.25) is 0 Å². The maximum atomic E-state index is 12.4. The van der Waals surface area contributed by atoms with Crippen LogP contribution in [0, 0.1) is 5.41 Å². The van der Waals surface area contributed by atoms with Crippen molar-refractivity contribution in [2.45, 2.75) is 38.6 Å². The molecular formula is C19H27N3O4S. The van der Waals surface area contributed by atoms with Crippen LogP contribution in [0.3, 0.4) is 0 Å². The van der Waals surface area contributed by atoms with E-state index in [2.05, 4.69) is 4.98 Å². The average Bonchev–Trinajstić information content (AvgIpc) is 2.64. The standard InChI is InChI=1S/C19H27N3O4S/c1-27(25,26)13-6-18(24)21-11-8-19(9-12-21)7-5-17(23)22(15-19)14-16-4-2-3-10-20-16/h2-4,10H,5-9,11-15H2,1H3. The van der Waals surface area contributed by atoms with Crippen LogP contribution in [0.1, 0.15) is 37.8 Å². The van der Waals surface area contributed by atoms with E-state index in [0.717, 1.165) is 31.2 Å². The lowest BCUT2D eigenvalue weighted by molar-refractivity contribution is -0.143. The maximum absolute atomic E-state index is 12.4. The first-order chi connectivity index (χ1) is 12.8. The molecule has 0 aliphatic carbocycles. The van der Waals surface area contributed by atoms with Gasteiger partial charge in [0.05, 0.1) is 18.0 Å². The van der Waals surface area contributed by atoms with Crippen LogP contribution in [0.5, 0.6) is 0 Å². The number of nitrogens with zero attached hydrogens (tertiary/aromatic N) is 3. The quantitative estimate of drug-likeness (QED) is 0.751. The SMILES string of the molecule is CS(=O)(=O)CCC(=O)N1CCC2(CCC(=O)N(Cc3ccccn3)C2)CC1. The summed E-state index contributed by atoms with van der Waals surface area (Å²) in [5.74, 6) is -0.0229. The fourth-order valence-electron chi connectivity index (χ4n) is 4.00.